The third-order valence-electron chi connectivity index (χ3n) is 14.5. The predicted octanol–water partition coefficient (Wildman–Crippen LogP) is 13.3. The van der Waals surface area contributed by atoms with Crippen molar-refractivity contribution < 1.29 is 0 Å². The molecule has 4 atom stereocenters. The summed E-state index contributed by atoms with van der Waals surface area (Å²) in [6.07, 6.45) is 4.40. The first-order valence-corrected chi connectivity index (χ1v) is 19.6. The van der Waals surface area contributed by atoms with Crippen LogP contribution in [0.3, 0.4) is 0 Å². The summed E-state index contributed by atoms with van der Waals surface area (Å²) in [7, 11) is 0. The second kappa shape index (κ2) is 9.37. The van der Waals surface area contributed by atoms with Crippen LogP contribution in [0.2, 0.25) is 0 Å². The summed E-state index contributed by atoms with van der Waals surface area (Å²) in [4.78, 5) is 2.44. The van der Waals surface area contributed by atoms with E-state index in [1.165, 1.54) is 89.5 Å². The number of anilines is 3. The van der Waals surface area contributed by atoms with Crippen LogP contribution in [-0.2, 0) is 5.41 Å². The molecule has 1 aromatic heterocycles. The van der Waals surface area contributed by atoms with E-state index in [0.29, 0.717) is 5.41 Å². The molecule has 0 bridgehead atoms. The molecule has 0 aliphatic heterocycles. The van der Waals surface area contributed by atoms with Crippen molar-refractivity contribution in [3.05, 3.63) is 163 Å². The first kappa shape index (κ1) is 27.5. The standard InChI is InChI=1S/C49H35NS/c1-2-9-31-24-35(21-16-29(31)8-1)50(36-22-23-39-38-10-4-6-15-43(38)51-44(39)28-36)34-19-17-30(18-20-34)37-12-7-14-42-47(37)40-11-3-5-13-41(40)49(42)45-26-32-25-33-27-46(49)48(32,33)45/h1-24,28,32-33,45-46H,25-27H2. The first-order chi connectivity index (χ1) is 25.2. The predicted molar refractivity (Wildman–Crippen MR) is 213 cm³/mol. The van der Waals surface area contributed by atoms with Crippen LogP contribution in [0.5, 0.6) is 0 Å². The molecule has 4 saturated carbocycles. The highest BCUT2D eigenvalue weighted by atomic mass is 32.1. The van der Waals surface area contributed by atoms with E-state index in [4.69, 9.17) is 0 Å². The number of hydrogen-bond donors (Lipinski definition) is 0. The van der Waals surface area contributed by atoms with Crippen molar-refractivity contribution in [2.75, 3.05) is 4.90 Å². The first-order valence-electron chi connectivity index (χ1n) is 18.8. The molecule has 0 radical (unpaired) electrons. The van der Waals surface area contributed by atoms with Crippen molar-refractivity contribution in [3.8, 4) is 22.3 Å². The monoisotopic (exact) mass is 669 g/mol. The Morgan fingerprint density at radius 1 is 0.490 bits per heavy atom. The fraction of sp³-hybridized carbons (Fsp3) is 0.184. The van der Waals surface area contributed by atoms with Crippen LogP contribution >= 0.6 is 11.3 Å². The summed E-state index contributed by atoms with van der Waals surface area (Å²) in [5.41, 5.74) is 13.4. The van der Waals surface area contributed by atoms with Crippen molar-refractivity contribution in [1.29, 1.82) is 0 Å². The smallest absolute Gasteiger partial charge is 0.0476 e. The zero-order valence-corrected chi connectivity index (χ0v) is 29.0. The van der Waals surface area contributed by atoms with Gasteiger partial charge in [0.15, 0.2) is 0 Å². The molecule has 51 heavy (non-hydrogen) atoms. The third kappa shape index (κ3) is 3.14. The molecule has 5 aliphatic rings. The maximum absolute atomic E-state index is 2.50. The summed E-state index contributed by atoms with van der Waals surface area (Å²) >= 11 is 1.88. The number of rotatable bonds is 4. The minimum Gasteiger partial charge on any atom is -0.310 e. The summed E-state index contributed by atoms with van der Waals surface area (Å²) in [5, 5.41) is 5.18. The van der Waals surface area contributed by atoms with Crippen LogP contribution in [-0.4, -0.2) is 0 Å². The SMILES string of the molecule is c1ccc2c(c1)-c1c(-c3ccc(N(c4ccc5ccccc5c4)c4ccc5c(c4)sc4ccccc45)cc3)cccc1C21C2CC3CC4CC1C342. The van der Waals surface area contributed by atoms with Gasteiger partial charge in [0.05, 0.1) is 0 Å². The van der Waals surface area contributed by atoms with Gasteiger partial charge in [0.25, 0.3) is 0 Å². The molecule has 0 amide bonds. The Labute approximate surface area is 301 Å². The van der Waals surface area contributed by atoms with E-state index in [1.807, 2.05) is 11.3 Å². The Balaban J connectivity index is 0.951. The molecule has 13 rings (SSSR count). The van der Waals surface area contributed by atoms with E-state index in [-0.39, 0.29) is 5.41 Å². The topological polar surface area (TPSA) is 3.24 Å². The van der Waals surface area contributed by atoms with Crippen LogP contribution in [0.15, 0.2) is 152 Å². The van der Waals surface area contributed by atoms with Gasteiger partial charge in [-0.15, -0.1) is 11.3 Å². The highest BCUT2D eigenvalue weighted by molar-refractivity contribution is 7.25. The van der Waals surface area contributed by atoms with E-state index in [1.54, 1.807) is 11.1 Å². The second-order valence-electron chi connectivity index (χ2n) is 16.0. The van der Waals surface area contributed by atoms with Crippen molar-refractivity contribution in [3.63, 3.8) is 0 Å². The van der Waals surface area contributed by atoms with Gasteiger partial charge in [0, 0.05) is 42.6 Å². The Morgan fingerprint density at radius 2 is 1.16 bits per heavy atom. The maximum Gasteiger partial charge on any atom is 0.0476 e. The average Bonchev–Trinajstić information content (AvgIpc) is 3.67. The van der Waals surface area contributed by atoms with Gasteiger partial charge in [0.1, 0.15) is 0 Å². The zero-order valence-electron chi connectivity index (χ0n) is 28.2. The van der Waals surface area contributed by atoms with Crippen LogP contribution in [0.4, 0.5) is 17.1 Å². The number of nitrogens with zero attached hydrogens (tertiary/aromatic N) is 1. The molecule has 7 aromatic carbocycles. The van der Waals surface area contributed by atoms with E-state index in [2.05, 4.69) is 157 Å². The van der Waals surface area contributed by atoms with Gasteiger partial charge in [-0.05, 0) is 135 Å². The van der Waals surface area contributed by atoms with Crippen LogP contribution in [0.1, 0.15) is 30.4 Å². The second-order valence-corrected chi connectivity index (χ2v) is 17.1. The summed E-state index contributed by atoms with van der Waals surface area (Å²) < 4.78 is 2.66. The Morgan fingerprint density at radius 3 is 2.02 bits per heavy atom. The Hall–Kier alpha value is -5.18. The van der Waals surface area contributed by atoms with Gasteiger partial charge < -0.3 is 4.90 Å². The molecule has 2 heteroatoms. The fourth-order valence-corrected chi connectivity index (χ4v) is 13.8. The lowest BCUT2D eigenvalue weighted by Crippen LogP contribution is -2.88. The van der Waals surface area contributed by atoms with Crippen LogP contribution in [0.25, 0.3) is 53.2 Å². The molecular formula is C49H35NS. The molecule has 4 unspecified atom stereocenters. The van der Waals surface area contributed by atoms with E-state index < -0.39 is 0 Å². The summed E-state index contributed by atoms with van der Waals surface area (Å²) in [6.45, 7) is 0. The number of thiophene rings is 1. The highest BCUT2D eigenvalue weighted by Crippen LogP contribution is 2.94. The minimum absolute atomic E-state index is 0.243. The number of hydrogen-bond acceptors (Lipinski definition) is 2. The molecule has 2 spiro atoms. The Bertz CT molecular complexity index is 2770. The molecular weight excluding hydrogens is 635 g/mol. The van der Waals surface area contributed by atoms with Gasteiger partial charge >= 0.3 is 0 Å². The molecule has 0 N–H and O–H groups in total. The molecule has 242 valence electrons. The minimum atomic E-state index is 0.243. The largest absolute Gasteiger partial charge is 0.310 e. The molecule has 5 aliphatic carbocycles. The molecule has 8 aromatic rings. The molecule has 1 heterocycles. The van der Waals surface area contributed by atoms with E-state index >= 15 is 0 Å². The normalized spacial score (nSPS) is 27.1. The van der Waals surface area contributed by atoms with Crippen molar-refractivity contribution in [2.45, 2.75) is 24.7 Å². The fourth-order valence-electron chi connectivity index (χ4n) is 12.7. The third-order valence-corrected chi connectivity index (χ3v) is 15.7. The lowest BCUT2D eigenvalue weighted by Gasteiger charge is -2.92. The zero-order chi connectivity index (χ0) is 33.1. The number of fused-ring (bicyclic) bond motifs is 11. The van der Waals surface area contributed by atoms with E-state index in [0.717, 1.165) is 23.7 Å². The quantitative estimate of drug-likeness (QED) is 0.180. The van der Waals surface area contributed by atoms with Gasteiger partial charge in [-0.1, -0.05) is 109 Å². The lowest BCUT2D eigenvalue weighted by atomic mass is 9.11. The van der Waals surface area contributed by atoms with Gasteiger partial charge in [-0.25, -0.2) is 0 Å². The summed E-state index contributed by atoms with van der Waals surface area (Å²) in [6, 6.07) is 57.5. The lowest BCUT2D eigenvalue weighted by molar-refractivity contribution is -0.412. The maximum atomic E-state index is 2.50. The molecule has 0 saturated heterocycles. The van der Waals surface area contributed by atoms with Gasteiger partial charge in [0.2, 0.25) is 0 Å². The van der Waals surface area contributed by atoms with Crippen molar-refractivity contribution in [2.24, 2.45) is 29.1 Å². The molecule has 4 fully saturated rings. The van der Waals surface area contributed by atoms with Gasteiger partial charge in [-0.2, -0.15) is 0 Å². The van der Waals surface area contributed by atoms with Crippen LogP contribution < -0.4 is 4.90 Å². The summed E-state index contributed by atoms with van der Waals surface area (Å²) in [5.74, 6) is 3.74. The Kier molecular flexibility index (Phi) is 5.06. The van der Waals surface area contributed by atoms with Crippen LogP contribution in [0, 0.1) is 29.1 Å². The van der Waals surface area contributed by atoms with E-state index in [9.17, 15) is 0 Å². The van der Waals surface area contributed by atoms with Gasteiger partial charge in [-0.3, -0.25) is 0 Å². The van der Waals surface area contributed by atoms with Crippen molar-refractivity contribution in [1.82, 2.24) is 0 Å². The van der Waals surface area contributed by atoms with Crippen molar-refractivity contribution >= 4 is 59.3 Å². The number of benzene rings is 7. The highest BCUT2D eigenvalue weighted by Gasteiger charge is 2.90. The molecule has 1 nitrogen and oxygen atoms in total. The average molecular weight is 670 g/mol.